The maximum absolute atomic E-state index is 11.3. The van der Waals surface area contributed by atoms with Crippen LogP contribution in [0, 0.1) is 0 Å². The Morgan fingerprint density at radius 2 is 1.37 bits per heavy atom. The normalized spacial score (nSPS) is 10.5. The molecule has 0 saturated heterocycles. The van der Waals surface area contributed by atoms with E-state index in [0.717, 1.165) is 12.2 Å². The first-order valence-electron chi connectivity index (χ1n) is 10.5. The first kappa shape index (κ1) is 29.4. The van der Waals surface area contributed by atoms with Crippen LogP contribution in [0.25, 0.3) is 6.08 Å². The zero-order valence-electron chi connectivity index (χ0n) is 19.3. The Morgan fingerprint density at radius 3 is 1.97 bits per heavy atom. The van der Waals surface area contributed by atoms with E-state index < -0.39 is 11.9 Å². The van der Waals surface area contributed by atoms with Crippen molar-refractivity contribution in [2.75, 3.05) is 52.9 Å². The monoisotopic (exact) mass is 494 g/mol. The Balaban J connectivity index is 3.06. The predicted octanol–water partition coefficient (Wildman–Crippen LogP) is 2.92. The number of hydrogen-bond donors (Lipinski definition) is 1. The van der Waals surface area contributed by atoms with Crippen LogP contribution in [0.4, 0.5) is 0 Å². The molecule has 1 rings (SSSR count). The number of carboxylic acid groups (broad SMARTS) is 1. The molecule has 11 heteroatoms. The van der Waals surface area contributed by atoms with Gasteiger partial charge in [0.05, 0.1) is 0 Å². The molecule has 1 N–H and O–H groups in total. The topological polar surface area (TPSA) is 128 Å². The molecule has 0 amide bonds. The van der Waals surface area contributed by atoms with E-state index in [1.165, 1.54) is 18.2 Å². The highest BCUT2D eigenvalue weighted by molar-refractivity contribution is 5.86. The van der Waals surface area contributed by atoms with Gasteiger partial charge in [-0.3, -0.25) is 0 Å². The molecule has 0 radical (unpaired) electrons. The summed E-state index contributed by atoms with van der Waals surface area (Å²) in [6.07, 6.45) is 6.37. The van der Waals surface area contributed by atoms with E-state index in [1.54, 1.807) is 12.1 Å². The van der Waals surface area contributed by atoms with Crippen LogP contribution in [0.1, 0.15) is 5.56 Å². The van der Waals surface area contributed by atoms with Gasteiger partial charge in [0.2, 0.25) is 5.75 Å². The van der Waals surface area contributed by atoms with E-state index >= 15 is 0 Å². The fourth-order valence-electron chi connectivity index (χ4n) is 2.27. The Labute approximate surface area is 203 Å². The number of ether oxygens (including phenoxy) is 4. The largest absolute Gasteiger partial charge is 0.487 e. The molecule has 0 aromatic heterocycles. The number of hydrogen-bond acceptors (Lipinski definition) is 10. The van der Waals surface area contributed by atoms with Gasteiger partial charge in [-0.2, -0.15) is 0 Å². The lowest BCUT2D eigenvalue weighted by atomic mass is 10.1. The minimum absolute atomic E-state index is 0.0420. The second-order valence-electron chi connectivity index (χ2n) is 6.19. The number of aliphatic carboxylic acids is 1. The number of carboxylic acids is 1. The Hall–Kier alpha value is -3.64. The summed E-state index contributed by atoms with van der Waals surface area (Å²) < 4.78 is 22.3. The molecule has 0 saturated carbocycles. The number of carbonyl (C=O) groups excluding carboxylic acids is 1. The van der Waals surface area contributed by atoms with Crippen LogP contribution in [0.15, 0.2) is 56.2 Å². The van der Waals surface area contributed by atoms with E-state index in [-0.39, 0.29) is 70.1 Å². The van der Waals surface area contributed by atoms with E-state index in [2.05, 4.69) is 19.7 Å². The molecular weight excluding hydrogens is 464 g/mol. The van der Waals surface area contributed by atoms with Gasteiger partial charge in [0, 0.05) is 17.7 Å². The minimum Gasteiger partial charge on any atom is -0.487 e. The molecule has 192 valence electrons. The Kier molecular flexibility index (Phi) is 15.7. The van der Waals surface area contributed by atoms with Crippen molar-refractivity contribution in [3.05, 3.63) is 61.7 Å². The summed E-state index contributed by atoms with van der Waals surface area (Å²) in [5, 5.41) is 9.02. The zero-order valence-corrected chi connectivity index (χ0v) is 19.3. The number of rotatable bonds is 21. The molecule has 0 unspecified atom stereocenters. The quantitative estimate of drug-likeness (QED) is 0.0676. The maximum Gasteiger partial charge on any atom is 0.330 e. The van der Waals surface area contributed by atoms with Crippen molar-refractivity contribution in [1.29, 1.82) is 0 Å². The fourth-order valence-corrected chi connectivity index (χ4v) is 2.27. The molecule has 0 aliphatic heterocycles. The Bertz CT molecular complexity index is 848. The van der Waals surface area contributed by atoms with Gasteiger partial charge >= 0.3 is 11.9 Å². The van der Waals surface area contributed by atoms with Crippen LogP contribution < -0.4 is 14.2 Å². The maximum atomic E-state index is 11.3. The van der Waals surface area contributed by atoms with Gasteiger partial charge in [0.1, 0.15) is 52.9 Å². The standard InChI is InChI=1S/C24H30O11/c1-4-11-32-34-17-15-28-20-9-7-19(8-10-21(25)26)23(30-14-13-29-22(27)6-3)24(20)31-16-18-35-33-12-5-2/h4-10H,1-3,11-18H2,(H,25,26)/b10-8+. The molecule has 0 atom stereocenters. The summed E-state index contributed by atoms with van der Waals surface area (Å²) in [7, 11) is 0. The van der Waals surface area contributed by atoms with Gasteiger partial charge in [-0.15, -0.1) is 13.2 Å². The summed E-state index contributed by atoms with van der Waals surface area (Å²) in [6, 6.07) is 3.17. The molecule has 0 fully saturated rings. The SMILES string of the molecule is C=CCOOCCOc1ccc(/C=C/C(=O)O)c(OCCOC(=O)C=C)c1OCCOOCC=C. The molecule has 1 aromatic carbocycles. The molecular formula is C24H30O11. The first-order chi connectivity index (χ1) is 17.0. The van der Waals surface area contributed by atoms with Gasteiger partial charge in [0.25, 0.3) is 0 Å². The van der Waals surface area contributed by atoms with Crippen LogP contribution in [0.2, 0.25) is 0 Å². The van der Waals surface area contributed by atoms with E-state index in [0.29, 0.717) is 5.56 Å². The van der Waals surface area contributed by atoms with Gasteiger partial charge < -0.3 is 24.1 Å². The van der Waals surface area contributed by atoms with E-state index in [9.17, 15) is 9.59 Å². The first-order valence-corrected chi connectivity index (χ1v) is 10.5. The zero-order chi connectivity index (χ0) is 25.7. The van der Waals surface area contributed by atoms with Crippen LogP contribution in [0.5, 0.6) is 17.2 Å². The molecule has 11 nitrogen and oxygen atoms in total. The highest BCUT2D eigenvalue weighted by Gasteiger charge is 2.18. The summed E-state index contributed by atoms with van der Waals surface area (Å²) in [5.41, 5.74) is 0.388. The summed E-state index contributed by atoms with van der Waals surface area (Å²) in [6.45, 7) is 11.0. The van der Waals surface area contributed by atoms with Crippen LogP contribution in [0.3, 0.4) is 0 Å². The van der Waals surface area contributed by atoms with Crippen LogP contribution in [-0.2, 0) is 33.9 Å². The lowest BCUT2D eigenvalue weighted by Crippen LogP contribution is -2.14. The van der Waals surface area contributed by atoms with Crippen LogP contribution >= 0.6 is 0 Å². The number of carbonyl (C=O) groups is 2. The van der Waals surface area contributed by atoms with Gasteiger partial charge in [-0.25, -0.2) is 29.1 Å². The van der Waals surface area contributed by atoms with Gasteiger partial charge in [-0.05, 0) is 18.2 Å². The molecule has 35 heavy (non-hydrogen) atoms. The van der Waals surface area contributed by atoms with Crippen molar-refractivity contribution in [3.8, 4) is 17.2 Å². The molecule has 0 spiro atoms. The highest BCUT2D eigenvalue weighted by Crippen LogP contribution is 2.41. The van der Waals surface area contributed by atoms with E-state index in [1.807, 2.05) is 0 Å². The summed E-state index contributed by atoms with van der Waals surface area (Å²) in [5.74, 6) is -1.13. The Morgan fingerprint density at radius 1 is 0.771 bits per heavy atom. The minimum atomic E-state index is -1.15. The molecule has 0 aliphatic rings. The van der Waals surface area contributed by atoms with E-state index in [4.69, 9.17) is 43.6 Å². The van der Waals surface area contributed by atoms with Crippen molar-refractivity contribution >= 4 is 18.0 Å². The average Bonchev–Trinajstić information content (AvgIpc) is 2.85. The average molecular weight is 494 g/mol. The summed E-state index contributed by atoms with van der Waals surface area (Å²) in [4.78, 5) is 42.0. The van der Waals surface area contributed by atoms with Crippen molar-refractivity contribution in [2.45, 2.75) is 0 Å². The van der Waals surface area contributed by atoms with Crippen molar-refractivity contribution in [3.63, 3.8) is 0 Å². The molecule has 0 bridgehead atoms. The third-order valence-corrected chi connectivity index (χ3v) is 3.63. The molecule has 0 aliphatic carbocycles. The number of esters is 1. The fraction of sp³-hybridized carbons (Fsp3) is 0.333. The smallest absolute Gasteiger partial charge is 0.330 e. The van der Waals surface area contributed by atoms with Crippen molar-refractivity contribution in [2.24, 2.45) is 0 Å². The third kappa shape index (κ3) is 13.0. The summed E-state index contributed by atoms with van der Waals surface area (Å²) >= 11 is 0. The van der Waals surface area contributed by atoms with Crippen molar-refractivity contribution < 1.29 is 53.2 Å². The predicted molar refractivity (Wildman–Crippen MR) is 125 cm³/mol. The van der Waals surface area contributed by atoms with Crippen LogP contribution in [-0.4, -0.2) is 69.9 Å². The third-order valence-electron chi connectivity index (χ3n) is 3.63. The molecule has 0 heterocycles. The number of benzene rings is 1. The van der Waals surface area contributed by atoms with Gasteiger partial charge in [0.15, 0.2) is 11.5 Å². The second kappa shape index (κ2) is 18.7. The lowest BCUT2D eigenvalue weighted by Gasteiger charge is -2.19. The second-order valence-corrected chi connectivity index (χ2v) is 6.19. The van der Waals surface area contributed by atoms with Gasteiger partial charge in [-0.1, -0.05) is 18.7 Å². The highest BCUT2D eigenvalue weighted by atomic mass is 17.2. The lowest BCUT2D eigenvalue weighted by molar-refractivity contribution is -0.289. The van der Waals surface area contributed by atoms with Crippen molar-refractivity contribution in [1.82, 2.24) is 0 Å². The molecule has 1 aromatic rings.